The Hall–Kier alpha value is -1.81. The maximum Gasteiger partial charge on any atom is 0.128 e. The number of fused-ring (bicyclic) bond motifs is 1. The number of nitrogens with zero attached hydrogens (tertiary/aromatic N) is 1. The standard InChI is InChI=1S/C15H18N2O2/c1-10-4-5-11(19-10)9-18-14-7-6-13(16)15-12(14)3-2-8-17-15/h2-3,6-8,10-11H,4-5,9,16H2,1H3. The molecule has 19 heavy (non-hydrogen) atoms. The number of nitrogen functional groups attached to an aromatic ring is 1. The molecule has 0 bridgehead atoms. The number of nitrogens with two attached hydrogens (primary N) is 1. The SMILES string of the molecule is CC1CCC(COc2ccc(N)c3ncccc23)O1. The van der Waals surface area contributed by atoms with Gasteiger partial charge in [0.1, 0.15) is 12.4 Å². The van der Waals surface area contributed by atoms with Gasteiger partial charge in [0.15, 0.2) is 0 Å². The molecule has 2 heterocycles. The highest BCUT2D eigenvalue weighted by Crippen LogP contribution is 2.29. The molecule has 2 N–H and O–H groups in total. The molecule has 0 amide bonds. The van der Waals surface area contributed by atoms with E-state index in [0.717, 1.165) is 29.5 Å². The molecule has 1 saturated heterocycles. The van der Waals surface area contributed by atoms with Crippen LogP contribution in [0.15, 0.2) is 30.5 Å². The molecule has 3 rings (SSSR count). The Balaban J connectivity index is 1.79. The smallest absolute Gasteiger partial charge is 0.128 e. The van der Waals surface area contributed by atoms with Crippen LogP contribution in [-0.2, 0) is 4.74 Å². The highest BCUT2D eigenvalue weighted by Gasteiger charge is 2.22. The number of pyridine rings is 1. The van der Waals surface area contributed by atoms with Gasteiger partial charge in [-0.05, 0) is 44.0 Å². The van der Waals surface area contributed by atoms with Crippen molar-refractivity contribution < 1.29 is 9.47 Å². The van der Waals surface area contributed by atoms with Gasteiger partial charge in [0, 0.05) is 11.6 Å². The van der Waals surface area contributed by atoms with Crippen molar-refractivity contribution in [2.75, 3.05) is 12.3 Å². The lowest BCUT2D eigenvalue weighted by atomic mass is 10.1. The third-order valence-electron chi connectivity index (χ3n) is 3.51. The molecule has 4 nitrogen and oxygen atoms in total. The molecule has 1 aliphatic rings. The van der Waals surface area contributed by atoms with Crippen LogP contribution >= 0.6 is 0 Å². The fourth-order valence-corrected chi connectivity index (χ4v) is 2.48. The molecular weight excluding hydrogens is 240 g/mol. The lowest BCUT2D eigenvalue weighted by Gasteiger charge is -2.14. The van der Waals surface area contributed by atoms with Gasteiger partial charge in [-0.15, -0.1) is 0 Å². The summed E-state index contributed by atoms with van der Waals surface area (Å²) in [4.78, 5) is 4.30. The Morgan fingerprint density at radius 2 is 2.26 bits per heavy atom. The van der Waals surface area contributed by atoms with Gasteiger partial charge in [-0.2, -0.15) is 0 Å². The third kappa shape index (κ3) is 2.49. The first-order chi connectivity index (χ1) is 9.24. The molecule has 1 aromatic heterocycles. The minimum absolute atomic E-state index is 0.194. The van der Waals surface area contributed by atoms with Gasteiger partial charge < -0.3 is 15.2 Å². The summed E-state index contributed by atoms with van der Waals surface area (Å²) in [6.45, 7) is 2.68. The number of hydrogen-bond acceptors (Lipinski definition) is 4. The van der Waals surface area contributed by atoms with Crippen LogP contribution in [0.2, 0.25) is 0 Å². The van der Waals surface area contributed by atoms with Gasteiger partial charge in [0.05, 0.1) is 23.4 Å². The molecule has 0 saturated carbocycles. The van der Waals surface area contributed by atoms with Gasteiger partial charge >= 0.3 is 0 Å². The van der Waals surface area contributed by atoms with E-state index in [1.807, 2.05) is 24.3 Å². The molecule has 100 valence electrons. The number of ether oxygens (including phenoxy) is 2. The topological polar surface area (TPSA) is 57.4 Å². The summed E-state index contributed by atoms with van der Waals surface area (Å²) < 4.78 is 11.6. The molecule has 1 aliphatic heterocycles. The summed E-state index contributed by atoms with van der Waals surface area (Å²) in [5.41, 5.74) is 7.39. The second-order valence-electron chi connectivity index (χ2n) is 5.01. The lowest BCUT2D eigenvalue weighted by molar-refractivity contribution is 0.0268. The quantitative estimate of drug-likeness (QED) is 0.860. The van der Waals surface area contributed by atoms with Crippen LogP contribution in [0.4, 0.5) is 5.69 Å². The zero-order valence-electron chi connectivity index (χ0n) is 11.0. The largest absolute Gasteiger partial charge is 0.490 e. The number of benzene rings is 1. The number of anilines is 1. The summed E-state index contributed by atoms with van der Waals surface area (Å²) in [6, 6.07) is 7.61. The molecule has 0 aliphatic carbocycles. The first kappa shape index (κ1) is 12.2. The Morgan fingerprint density at radius 1 is 1.37 bits per heavy atom. The van der Waals surface area contributed by atoms with Crippen LogP contribution in [0.25, 0.3) is 10.9 Å². The highest BCUT2D eigenvalue weighted by molar-refractivity contribution is 5.93. The number of hydrogen-bond donors (Lipinski definition) is 1. The van der Waals surface area contributed by atoms with E-state index in [1.54, 1.807) is 6.20 Å². The van der Waals surface area contributed by atoms with E-state index in [-0.39, 0.29) is 6.10 Å². The number of aromatic nitrogens is 1. The van der Waals surface area contributed by atoms with Crippen LogP contribution in [0.3, 0.4) is 0 Å². The maximum atomic E-state index is 5.92. The Bertz CT molecular complexity index is 585. The van der Waals surface area contributed by atoms with Gasteiger partial charge in [0.2, 0.25) is 0 Å². The molecule has 0 spiro atoms. The van der Waals surface area contributed by atoms with Crippen molar-refractivity contribution in [2.24, 2.45) is 0 Å². The average Bonchev–Trinajstić information content (AvgIpc) is 2.84. The lowest BCUT2D eigenvalue weighted by Crippen LogP contribution is -2.18. The summed E-state index contributed by atoms with van der Waals surface area (Å²) in [5.74, 6) is 0.820. The van der Waals surface area contributed by atoms with E-state index >= 15 is 0 Å². The van der Waals surface area contributed by atoms with Crippen molar-refractivity contribution >= 4 is 16.6 Å². The van der Waals surface area contributed by atoms with Crippen molar-refractivity contribution in [1.29, 1.82) is 0 Å². The Morgan fingerprint density at radius 3 is 3.05 bits per heavy atom. The molecule has 1 fully saturated rings. The zero-order chi connectivity index (χ0) is 13.2. The predicted molar refractivity (Wildman–Crippen MR) is 75.2 cm³/mol. The minimum Gasteiger partial charge on any atom is -0.490 e. The maximum absolute atomic E-state index is 5.92. The summed E-state index contributed by atoms with van der Waals surface area (Å²) in [7, 11) is 0. The van der Waals surface area contributed by atoms with Crippen molar-refractivity contribution in [3.8, 4) is 5.75 Å². The van der Waals surface area contributed by atoms with Crippen molar-refractivity contribution in [1.82, 2.24) is 4.98 Å². The van der Waals surface area contributed by atoms with Crippen LogP contribution in [0.5, 0.6) is 5.75 Å². The fourth-order valence-electron chi connectivity index (χ4n) is 2.48. The van der Waals surface area contributed by atoms with Crippen molar-refractivity contribution in [2.45, 2.75) is 32.0 Å². The van der Waals surface area contributed by atoms with Crippen molar-refractivity contribution in [3.63, 3.8) is 0 Å². The Labute approximate surface area is 112 Å². The average molecular weight is 258 g/mol. The summed E-state index contributed by atoms with van der Waals surface area (Å²) in [5, 5.41) is 0.952. The molecule has 2 unspecified atom stereocenters. The molecule has 1 aromatic carbocycles. The van der Waals surface area contributed by atoms with E-state index in [0.29, 0.717) is 18.4 Å². The van der Waals surface area contributed by atoms with Gasteiger partial charge in [-0.3, -0.25) is 4.98 Å². The zero-order valence-corrected chi connectivity index (χ0v) is 11.0. The van der Waals surface area contributed by atoms with Crippen LogP contribution in [0, 0.1) is 0 Å². The van der Waals surface area contributed by atoms with E-state index in [2.05, 4.69) is 11.9 Å². The van der Waals surface area contributed by atoms with E-state index in [9.17, 15) is 0 Å². The third-order valence-corrected chi connectivity index (χ3v) is 3.51. The van der Waals surface area contributed by atoms with Gasteiger partial charge in [-0.1, -0.05) is 0 Å². The molecule has 0 radical (unpaired) electrons. The van der Waals surface area contributed by atoms with Gasteiger partial charge in [-0.25, -0.2) is 0 Å². The summed E-state index contributed by atoms with van der Waals surface area (Å²) in [6.07, 6.45) is 4.45. The van der Waals surface area contributed by atoms with E-state index < -0.39 is 0 Å². The van der Waals surface area contributed by atoms with E-state index in [1.165, 1.54) is 0 Å². The first-order valence-corrected chi connectivity index (χ1v) is 6.65. The minimum atomic E-state index is 0.194. The van der Waals surface area contributed by atoms with Crippen LogP contribution in [-0.4, -0.2) is 23.8 Å². The Kier molecular flexibility index (Phi) is 3.25. The monoisotopic (exact) mass is 258 g/mol. The molecule has 2 aromatic rings. The molecule has 4 heteroatoms. The summed E-state index contributed by atoms with van der Waals surface area (Å²) >= 11 is 0. The first-order valence-electron chi connectivity index (χ1n) is 6.65. The molecule has 2 atom stereocenters. The van der Waals surface area contributed by atoms with E-state index in [4.69, 9.17) is 15.2 Å². The van der Waals surface area contributed by atoms with Crippen molar-refractivity contribution in [3.05, 3.63) is 30.5 Å². The normalized spacial score (nSPS) is 22.8. The number of rotatable bonds is 3. The van der Waals surface area contributed by atoms with Crippen LogP contribution < -0.4 is 10.5 Å². The predicted octanol–water partition coefficient (Wildman–Crippen LogP) is 2.76. The molecular formula is C15H18N2O2. The second-order valence-corrected chi connectivity index (χ2v) is 5.01. The fraction of sp³-hybridized carbons (Fsp3) is 0.400. The second kappa shape index (κ2) is 5.05. The van der Waals surface area contributed by atoms with Crippen LogP contribution in [0.1, 0.15) is 19.8 Å². The van der Waals surface area contributed by atoms with Gasteiger partial charge in [0.25, 0.3) is 0 Å². The highest BCUT2D eigenvalue weighted by atomic mass is 16.5.